The fraction of sp³-hybridized carbons (Fsp3) is 0.250. The average molecular weight is 259 g/mol. The van der Waals surface area contributed by atoms with Gasteiger partial charge in [-0.25, -0.2) is 4.79 Å². The van der Waals surface area contributed by atoms with Crippen molar-refractivity contribution >= 4 is 5.97 Å². The molecule has 7 nitrogen and oxygen atoms in total. The van der Waals surface area contributed by atoms with Gasteiger partial charge in [0.25, 0.3) is 5.89 Å². The maximum Gasteiger partial charge on any atom is 0.338 e. The summed E-state index contributed by atoms with van der Waals surface area (Å²) in [6.45, 7) is 1.82. The molecule has 1 atom stereocenters. The molecule has 0 aliphatic heterocycles. The zero-order valence-corrected chi connectivity index (χ0v) is 10.2. The zero-order valence-electron chi connectivity index (χ0n) is 10.2. The summed E-state index contributed by atoms with van der Waals surface area (Å²) >= 11 is 0. The topological polar surface area (TPSA) is 99.9 Å². The molecular formula is C12H11N4O3-. The summed E-state index contributed by atoms with van der Waals surface area (Å²) in [5.41, 5.74) is 9.56. The van der Waals surface area contributed by atoms with E-state index < -0.39 is 12.0 Å². The Hall–Kier alpha value is -2.57. The van der Waals surface area contributed by atoms with E-state index in [-0.39, 0.29) is 18.4 Å². The van der Waals surface area contributed by atoms with Crippen molar-refractivity contribution in [2.24, 2.45) is 5.11 Å². The van der Waals surface area contributed by atoms with Gasteiger partial charge in [0.15, 0.2) is 0 Å². The molecule has 0 aliphatic rings. The Morgan fingerprint density at radius 2 is 2.16 bits per heavy atom. The number of aromatic nitrogens is 2. The summed E-state index contributed by atoms with van der Waals surface area (Å²) in [7, 11) is 0. The van der Waals surface area contributed by atoms with Crippen LogP contribution >= 0.6 is 0 Å². The molecule has 0 spiro atoms. The van der Waals surface area contributed by atoms with Crippen LogP contribution in [-0.4, -0.2) is 22.8 Å². The molecule has 0 saturated carbocycles. The fourth-order valence-corrected chi connectivity index (χ4v) is 1.46. The molecule has 0 N–H and O–H groups in total. The van der Waals surface area contributed by atoms with Crippen molar-refractivity contribution in [3.63, 3.8) is 0 Å². The van der Waals surface area contributed by atoms with Gasteiger partial charge in [-0.2, -0.15) is 0 Å². The van der Waals surface area contributed by atoms with Crippen LogP contribution in [0.2, 0.25) is 0 Å². The molecule has 1 heterocycles. The van der Waals surface area contributed by atoms with Crippen molar-refractivity contribution in [3.8, 4) is 11.5 Å². The number of ether oxygens (including phenoxy) is 1. The Morgan fingerprint density at radius 1 is 1.42 bits per heavy atom. The number of hydrogen-bond acceptors (Lipinski definition) is 6. The van der Waals surface area contributed by atoms with E-state index in [4.69, 9.17) is 14.7 Å². The van der Waals surface area contributed by atoms with Gasteiger partial charge in [0.05, 0.1) is 6.61 Å². The summed E-state index contributed by atoms with van der Waals surface area (Å²) in [6, 6.07) is 7.74. The van der Waals surface area contributed by atoms with E-state index in [1.807, 2.05) is 18.2 Å². The van der Waals surface area contributed by atoms with Crippen LogP contribution in [0.3, 0.4) is 0 Å². The number of rotatable bonds is 5. The summed E-state index contributed by atoms with van der Waals surface area (Å²) in [5, 5.41) is 10.4. The molecule has 0 aliphatic carbocycles. The first kappa shape index (κ1) is 12.9. The predicted octanol–water partition coefficient (Wildman–Crippen LogP) is 2.36. The van der Waals surface area contributed by atoms with Crippen LogP contribution in [0.5, 0.6) is 0 Å². The maximum absolute atomic E-state index is 11.5. The average Bonchev–Trinajstić information content (AvgIpc) is 2.90. The van der Waals surface area contributed by atoms with E-state index in [9.17, 15) is 4.79 Å². The molecule has 1 aromatic heterocycles. The first-order chi connectivity index (χ1) is 9.26. The minimum atomic E-state index is -1.31. The highest BCUT2D eigenvalue weighted by Crippen LogP contribution is 2.23. The number of nitrogens with zero attached hydrogens (tertiary/aromatic N) is 4. The van der Waals surface area contributed by atoms with Crippen molar-refractivity contribution in [2.45, 2.75) is 13.0 Å². The van der Waals surface area contributed by atoms with Crippen LogP contribution in [0.4, 0.5) is 0 Å². The summed E-state index contributed by atoms with van der Waals surface area (Å²) < 4.78 is 10.1. The lowest BCUT2D eigenvalue weighted by atomic mass is 10.2. The third-order valence-corrected chi connectivity index (χ3v) is 2.32. The first-order valence-corrected chi connectivity index (χ1v) is 5.66. The van der Waals surface area contributed by atoms with Crippen molar-refractivity contribution in [2.75, 3.05) is 6.61 Å². The molecular weight excluding hydrogens is 248 g/mol. The highest BCUT2D eigenvalue weighted by Gasteiger charge is 2.24. The van der Waals surface area contributed by atoms with Crippen LogP contribution in [0.15, 0.2) is 39.9 Å². The van der Waals surface area contributed by atoms with Gasteiger partial charge in [-0.1, -0.05) is 18.2 Å². The molecule has 0 amide bonds. The van der Waals surface area contributed by atoms with Crippen LogP contribution in [-0.2, 0) is 9.53 Å². The largest absolute Gasteiger partial charge is 0.711 e. The van der Waals surface area contributed by atoms with E-state index in [1.165, 1.54) is 0 Å². The lowest BCUT2D eigenvalue weighted by Gasteiger charge is -2.09. The quantitative estimate of drug-likeness (QED) is 0.606. The fourth-order valence-electron chi connectivity index (χ4n) is 1.46. The molecule has 0 bridgehead atoms. The number of benzene rings is 1. The van der Waals surface area contributed by atoms with Crippen molar-refractivity contribution in [3.05, 3.63) is 41.8 Å². The number of carbonyl (C=O) groups excluding carboxylic acids is 1. The molecule has 2 aromatic rings. The third-order valence-electron chi connectivity index (χ3n) is 2.32. The zero-order chi connectivity index (χ0) is 13.7. The summed E-state index contributed by atoms with van der Waals surface area (Å²) in [5.74, 6) is -0.610. The highest BCUT2D eigenvalue weighted by atomic mass is 16.5. The molecule has 7 heteroatoms. The van der Waals surface area contributed by atoms with Crippen molar-refractivity contribution < 1.29 is 13.9 Å². The van der Waals surface area contributed by atoms with Crippen LogP contribution in [0, 0.1) is 0 Å². The molecule has 0 saturated heterocycles. The molecule has 0 fully saturated rings. The Labute approximate surface area is 109 Å². The van der Waals surface area contributed by atoms with Gasteiger partial charge < -0.3 is 19.8 Å². The molecule has 1 unspecified atom stereocenters. The van der Waals surface area contributed by atoms with Gasteiger partial charge in [-0.3, -0.25) is 0 Å². The Bertz CT molecular complexity index is 567. The smallest absolute Gasteiger partial charge is 0.338 e. The van der Waals surface area contributed by atoms with Crippen molar-refractivity contribution in [1.82, 2.24) is 10.2 Å². The Balaban J connectivity index is 2.25. The van der Waals surface area contributed by atoms with Gasteiger partial charge in [0.2, 0.25) is 11.9 Å². The van der Waals surface area contributed by atoms with Crippen molar-refractivity contribution in [1.29, 1.82) is 0 Å². The molecule has 98 valence electrons. The van der Waals surface area contributed by atoms with E-state index in [1.54, 1.807) is 19.1 Å². The second-order valence-electron chi connectivity index (χ2n) is 3.58. The maximum atomic E-state index is 11.5. The third kappa shape index (κ3) is 2.82. The molecule has 1 aromatic carbocycles. The van der Waals surface area contributed by atoms with Gasteiger partial charge in [-0.15, -0.1) is 10.2 Å². The minimum absolute atomic E-state index is 0.111. The predicted molar refractivity (Wildman–Crippen MR) is 64.9 cm³/mol. The second-order valence-corrected chi connectivity index (χ2v) is 3.58. The van der Waals surface area contributed by atoms with E-state index in [0.717, 1.165) is 0 Å². The highest BCUT2D eigenvalue weighted by molar-refractivity contribution is 5.76. The second kappa shape index (κ2) is 5.85. The standard InChI is InChI=1S/C12H11N4O3/c1-2-18-12(17)9(14-13)11-16-15-10(19-11)8-6-4-3-5-7-8/h3-7,9H,2H2,1H3/q-1. The number of hydrogen-bond donors (Lipinski definition) is 0. The number of esters is 1. The van der Waals surface area contributed by atoms with Crippen LogP contribution in [0.1, 0.15) is 18.9 Å². The van der Waals surface area contributed by atoms with E-state index >= 15 is 0 Å². The monoisotopic (exact) mass is 259 g/mol. The van der Waals surface area contributed by atoms with Gasteiger partial charge in [0, 0.05) is 5.56 Å². The van der Waals surface area contributed by atoms with Gasteiger partial charge in [-0.05, 0) is 19.1 Å². The number of carbonyl (C=O) groups is 1. The van der Waals surface area contributed by atoms with Gasteiger partial charge >= 0.3 is 5.97 Å². The normalized spacial score (nSPS) is 11.8. The lowest BCUT2D eigenvalue weighted by Crippen LogP contribution is -2.14. The minimum Gasteiger partial charge on any atom is -0.711 e. The summed E-state index contributed by atoms with van der Waals surface area (Å²) in [6.07, 6.45) is 0. The van der Waals surface area contributed by atoms with Crippen LogP contribution < -0.4 is 0 Å². The van der Waals surface area contributed by atoms with E-state index in [2.05, 4.69) is 15.3 Å². The molecule has 2 rings (SSSR count). The Morgan fingerprint density at radius 3 is 2.79 bits per heavy atom. The van der Waals surface area contributed by atoms with E-state index in [0.29, 0.717) is 5.56 Å². The lowest BCUT2D eigenvalue weighted by molar-refractivity contribution is -0.145. The summed E-state index contributed by atoms with van der Waals surface area (Å²) in [4.78, 5) is 11.5. The first-order valence-electron chi connectivity index (χ1n) is 5.66. The van der Waals surface area contributed by atoms with Gasteiger partial charge in [0.1, 0.15) is 0 Å². The van der Waals surface area contributed by atoms with Crippen LogP contribution in [0.25, 0.3) is 17.0 Å². The molecule has 0 radical (unpaired) electrons. The Kier molecular flexibility index (Phi) is 3.97. The SMILES string of the molecule is CCOC(=O)C(N=[N-])c1nnc(-c2ccccc2)o1. The molecule has 19 heavy (non-hydrogen) atoms.